The van der Waals surface area contributed by atoms with Crippen LogP contribution in [0, 0.1) is 5.82 Å². The van der Waals surface area contributed by atoms with E-state index in [9.17, 15) is 31.1 Å². The highest BCUT2D eigenvalue weighted by molar-refractivity contribution is 5.58. The molecular weight excluding hydrogens is 456 g/mol. The Morgan fingerprint density at radius 3 is 2.61 bits per heavy atom. The van der Waals surface area contributed by atoms with Crippen molar-refractivity contribution in [2.24, 2.45) is 0 Å². The zero-order chi connectivity index (χ0) is 24.0. The first kappa shape index (κ1) is 23.0. The van der Waals surface area contributed by atoms with Gasteiger partial charge in [0.2, 0.25) is 0 Å². The number of hydrogen-bond acceptors (Lipinski definition) is 4. The molecule has 0 N–H and O–H groups in total. The summed E-state index contributed by atoms with van der Waals surface area (Å²) in [5.41, 5.74) is -2.78. The Labute approximate surface area is 183 Å². The highest BCUT2D eigenvalue weighted by Crippen LogP contribution is 2.37. The second-order valence-corrected chi connectivity index (χ2v) is 7.51. The Morgan fingerprint density at radius 1 is 1.21 bits per heavy atom. The minimum absolute atomic E-state index is 0.0644. The summed E-state index contributed by atoms with van der Waals surface area (Å²) >= 11 is 0. The molecule has 2 aromatic heterocycles. The summed E-state index contributed by atoms with van der Waals surface area (Å²) in [7, 11) is 0. The smallest absolute Gasteiger partial charge is 0.360 e. The molecule has 3 aromatic rings. The minimum Gasteiger partial charge on any atom is -0.360 e. The van der Waals surface area contributed by atoms with Gasteiger partial charge in [-0.15, -0.1) is 0 Å². The molecule has 1 aliphatic heterocycles. The van der Waals surface area contributed by atoms with Crippen molar-refractivity contribution in [1.82, 2.24) is 18.9 Å². The number of aromatic nitrogens is 4. The van der Waals surface area contributed by atoms with E-state index in [0.717, 1.165) is 21.7 Å². The molecule has 3 heterocycles. The number of nitrogens with zero attached hydrogens (tertiary/aromatic N) is 5. The van der Waals surface area contributed by atoms with Gasteiger partial charge in [0.1, 0.15) is 6.54 Å². The summed E-state index contributed by atoms with van der Waals surface area (Å²) < 4.78 is 90.7. The number of aryl methyl sites for hydroxylation is 1. The molecule has 7 nitrogen and oxygen atoms in total. The average Bonchev–Trinajstić information content (AvgIpc) is 3.34. The third kappa shape index (κ3) is 4.63. The van der Waals surface area contributed by atoms with Crippen molar-refractivity contribution >= 4 is 5.69 Å². The maximum atomic E-state index is 14.9. The van der Waals surface area contributed by atoms with Crippen LogP contribution < -0.4 is 10.6 Å². The number of benzene rings is 1. The van der Waals surface area contributed by atoms with Gasteiger partial charge >= 0.3 is 18.0 Å². The molecule has 1 aliphatic rings. The number of rotatable bonds is 5. The monoisotopic (exact) mass is 475 g/mol. The minimum atomic E-state index is -5.11. The fraction of sp³-hybridized carbons (Fsp3) is 0.400. The molecule has 178 valence electrons. The van der Waals surface area contributed by atoms with E-state index in [-0.39, 0.29) is 18.8 Å². The molecule has 0 aliphatic carbocycles. The topological polar surface area (TPSA) is 57.2 Å². The van der Waals surface area contributed by atoms with E-state index >= 15 is 0 Å². The molecule has 0 bridgehead atoms. The molecule has 1 fully saturated rings. The molecule has 4 rings (SSSR count). The van der Waals surface area contributed by atoms with Crippen LogP contribution in [-0.4, -0.2) is 44.7 Å². The maximum absolute atomic E-state index is 14.9. The van der Waals surface area contributed by atoms with Crippen molar-refractivity contribution in [3.8, 4) is 5.69 Å². The second kappa shape index (κ2) is 8.28. The molecule has 0 radical (unpaired) electrons. The van der Waals surface area contributed by atoms with Crippen LogP contribution in [0.4, 0.5) is 32.0 Å². The van der Waals surface area contributed by atoms with Gasteiger partial charge in [0, 0.05) is 42.9 Å². The summed E-state index contributed by atoms with van der Waals surface area (Å²) in [6.45, 7) is 0.978. The zero-order valence-corrected chi connectivity index (χ0v) is 17.3. The van der Waals surface area contributed by atoms with E-state index in [4.69, 9.17) is 0 Å². The third-order valence-electron chi connectivity index (χ3n) is 5.23. The second-order valence-electron chi connectivity index (χ2n) is 7.51. The van der Waals surface area contributed by atoms with Crippen LogP contribution in [0.2, 0.25) is 0 Å². The van der Waals surface area contributed by atoms with Crippen LogP contribution in [-0.2, 0) is 24.0 Å². The third-order valence-corrected chi connectivity index (χ3v) is 5.23. The van der Waals surface area contributed by atoms with Crippen LogP contribution >= 0.6 is 0 Å². The van der Waals surface area contributed by atoms with Gasteiger partial charge in [-0.05, 0) is 19.1 Å². The lowest BCUT2D eigenvalue weighted by atomic mass is 10.1. The molecule has 0 saturated carbocycles. The fourth-order valence-corrected chi connectivity index (χ4v) is 3.61. The predicted octanol–water partition coefficient (Wildman–Crippen LogP) is 3.49. The lowest BCUT2D eigenvalue weighted by molar-refractivity contribution is -0.240. The van der Waals surface area contributed by atoms with Crippen LogP contribution in [0.15, 0.2) is 41.7 Å². The summed E-state index contributed by atoms with van der Waals surface area (Å²) in [5.74, 6) is -1.68. The SMILES string of the molecule is CCn1cc(Cn2ccn(-c3cc(N4CCOC(F)(F)C4)cc(C(F)(F)F)c3F)c2=O)cn1. The van der Waals surface area contributed by atoms with Gasteiger partial charge in [-0.25, -0.2) is 9.18 Å². The van der Waals surface area contributed by atoms with Gasteiger partial charge in [-0.2, -0.15) is 27.1 Å². The lowest BCUT2D eigenvalue weighted by Gasteiger charge is -2.34. The van der Waals surface area contributed by atoms with Gasteiger partial charge in [-0.3, -0.25) is 13.8 Å². The van der Waals surface area contributed by atoms with Gasteiger partial charge in [-0.1, -0.05) is 0 Å². The predicted molar refractivity (Wildman–Crippen MR) is 105 cm³/mol. The Hall–Kier alpha value is -3.22. The highest BCUT2D eigenvalue weighted by Gasteiger charge is 2.40. The van der Waals surface area contributed by atoms with Gasteiger partial charge in [0.05, 0.1) is 30.6 Å². The van der Waals surface area contributed by atoms with E-state index in [1.165, 1.54) is 17.0 Å². The molecule has 0 unspecified atom stereocenters. The average molecular weight is 475 g/mol. The van der Waals surface area contributed by atoms with E-state index in [1.807, 2.05) is 6.92 Å². The number of ether oxygens (including phenoxy) is 1. The summed E-state index contributed by atoms with van der Waals surface area (Å²) in [5, 5.41) is 4.09. The van der Waals surface area contributed by atoms with Crippen LogP contribution in [0.25, 0.3) is 5.69 Å². The number of morpholine rings is 1. The van der Waals surface area contributed by atoms with Gasteiger partial charge in [0.25, 0.3) is 0 Å². The molecule has 13 heteroatoms. The lowest BCUT2D eigenvalue weighted by Crippen LogP contribution is -2.46. The molecular formula is C20H19F6N5O2. The Kier molecular flexibility index (Phi) is 5.76. The number of alkyl halides is 5. The number of hydrogen-bond donors (Lipinski definition) is 0. The van der Waals surface area contributed by atoms with E-state index in [2.05, 4.69) is 9.84 Å². The first-order valence-corrected chi connectivity index (χ1v) is 9.95. The van der Waals surface area contributed by atoms with Crippen LogP contribution in [0.5, 0.6) is 0 Å². The molecule has 1 saturated heterocycles. The van der Waals surface area contributed by atoms with Crippen molar-refractivity contribution in [2.75, 3.05) is 24.6 Å². The quantitative estimate of drug-likeness (QED) is 0.531. The largest absolute Gasteiger partial charge is 0.419 e. The standard InChI is InChI=1S/C20H19F6N5O2/c1-2-30-11-13(9-27-30)10-28-3-4-31(18(28)32)16-8-14(7-15(17(16)21)20(24,25)26)29-5-6-33-19(22,23)12-29/h3-4,7-9,11H,2,5-6,10,12H2,1H3. The summed E-state index contributed by atoms with van der Waals surface area (Å²) in [6.07, 6.45) is -3.02. The number of imidazole rings is 1. The van der Waals surface area contributed by atoms with Crippen molar-refractivity contribution in [3.63, 3.8) is 0 Å². The Bertz CT molecular complexity index is 1210. The molecule has 0 amide bonds. The van der Waals surface area contributed by atoms with Crippen molar-refractivity contribution in [2.45, 2.75) is 32.3 Å². The summed E-state index contributed by atoms with van der Waals surface area (Å²) in [4.78, 5) is 13.8. The fourth-order valence-electron chi connectivity index (χ4n) is 3.61. The van der Waals surface area contributed by atoms with Gasteiger partial charge in [0.15, 0.2) is 5.82 Å². The molecule has 0 atom stereocenters. The first-order chi connectivity index (χ1) is 15.5. The highest BCUT2D eigenvalue weighted by atomic mass is 19.4. The Morgan fingerprint density at radius 2 is 1.97 bits per heavy atom. The molecule has 33 heavy (non-hydrogen) atoms. The van der Waals surface area contributed by atoms with Crippen LogP contribution in [0.1, 0.15) is 18.1 Å². The van der Waals surface area contributed by atoms with Crippen LogP contribution in [0.3, 0.4) is 0 Å². The van der Waals surface area contributed by atoms with Gasteiger partial charge < -0.3 is 9.64 Å². The van der Waals surface area contributed by atoms with Crippen molar-refractivity contribution in [1.29, 1.82) is 0 Å². The maximum Gasteiger partial charge on any atom is 0.419 e. The Balaban J connectivity index is 1.77. The van der Waals surface area contributed by atoms with Crippen molar-refractivity contribution in [3.05, 3.63) is 64.3 Å². The first-order valence-electron chi connectivity index (χ1n) is 9.95. The van der Waals surface area contributed by atoms with E-state index in [1.54, 1.807) is 10.9 Å². The normalized spacial score (nSPS) is 16.4. The molecule has 1 aromatic carbocycles. The molecule has 0 spiro atoms. The van der Waals surface area contributed by atoms with Crippen molar-refractivity contribution < 1.29 is 31.1 Å². The van der Waals surface area contributed by atoms with E-state index in [0.29, 0.717) is 18.2 Å². The number of halogens is 6. The summed E-state index contributed by atoms with van der Waals surface area (Å²) in [6, 6.07) is 1.41. The zero-order valence-electron chi connectivity index (χ0n) is 17.3. The number of anilines is 1. The van der Waals surface area contributed by atoms with E-state index < -0.39 is 48.2 Å².